The van der Waals surface area contributed by atoms with Gasteiger partial charge in [0.25, 0.3) is 0 Å². The lowest BCUT2D eigenvalue weighted by molar-refractivity contribution is 0.225. The first-order chi connectivity index (χ1) is 11.3. The van der Waals surface area contributed by atoms with E-state index >= 15 is 0 Å². The second-order valence-corrected chi connectivity index (χ2v) is 7.46. The number of aliphatic hydroxyl groups excluding tert-OH is 1. The SMILES string of the molecule is Cc1c(SC2CCN(Cc3ccccc3)CC2)ccnc1CO. The van der Waals surface area contributed by atoms with Crippen LogP contribution in [0.2, 0.25) is 0 Å². The maximum absolute atomic E-state index is 9.35. The molecule has 0 bridgehead atoms. The summed E-state index contributed by atoms with van der Waals surface area (Å²) in [6, 6.07) is 12.8. The van der Waals surface area contributed by atoms with Crippen LogP contribution in [0.3, 0.4) is 0 Å². The third-order valence-corrected chi connectivity index (χ3v) is 5.99. The second-order valence-electron chi connectivity index (χ2n) is 6.12. The summed E-state index contributed by atoms with van der Waals surface area (Å²) in [5.74, 6) is 0. The van der Waals surface area contributed by atoms with Crippen LogP contribution in [0.5, 0.6) is 0 Å². The molecule has 0 radical (unpaired) electrons. The first-order valence-electron chi connectivity index (χ1n) is 8.24. The van der Waals surface area contributed by atoms with Crippen molar-refractivity contribution < 1.29 is 5.11 Å². The molecule has 2 heterocycles. The van der Waals surface area contributed by atoms with Crippen molar-refractivity contribution in [3.05, 3.63) is 59.4 Å². The van der Waals surface area contributed by atoms with E-state index in [0.717, 1.165) is 30.9 Å². The van der Waals surface area contributed by atoms with Gasteiger partial charge in [0, 0.05) is 22.9 Å². The number of aromatic nitrogens is 1. The zero-order chi connectivity index (χ0) is 16.1. The Labute approximate surface area is 142 Å². The molecule has 1 aliphatic heterocycles. The number of aliphatic hydroxyl groups is 1. The van der Waals surface area contributed by atoms with Crippen molar-refractivity contribution in [2.45, 2.75) is 43.1 Å². The monoisotopic (exact) mass is 328 g/mol. The molecule has 2 aromatic rings. The molecule has 122 valence electrons. The summed E-state index contributed by atoms with van der Waals surface area (Å²) in [4.78, 5) is 8.05. The van der Waals surface area contributed by atoms with Crippen LogP contribution < -0.4 is 0 Å². The van der Waals surface area contributed by atoms with Crippen LogP contribution in [0, 0.1) is 6.92 Å². The van der Waals surface area contributed by atoms with Crippen LogP contribution in [0.15, 0.2) is 47.5 Å². The Hall–Kier alpha value is -1.36. The van der Waals surface area contributed by atoms with Gasteiger partial charge in [-0.2, -0.15) is 0 Å². The number of pyridine rings is 1. The third-order valence-electron chi connectivity index (χ3n) is 4.49. The molecule has 1 N–H and O–H groups in total. The minimum atomic E-state index is 0.0236. The molecule has 1 aromatic carbocycles. The lowest BCUT2D eigenvalue weighted by atomic mass is 10.1. The highest BCUT2D eigenvalue weighted by Gasteiger charge is 2.21. The summed E-state index contributed by atoms with van der Waals surface area (Å²) in [7, 11) is 0. The van der Waals surface area contributed by atoms with Gasteiger partial charge in [-0.1, -0.05) is 30.3 Å². The molecule has 4 heteroatoms. The van der Waals surface area contributed by atoms with E-state index in [-0.39, 0.29) is 6.61 Å². The first kappa shape index (κ1) is 16.5. The summed E-state index contributed by atoms with van der Waals surface area (Å²) in [5, 5.41) is 10.0. The standard InChI is InChI=1S/C19H24N2OS/c1-15-18(14-22)20-10-7-19(15)23-17-8-11-21(12-9-17)13-16-5-3-2-4-6-16/h2-7,10,17,22H,8-9,11-14H2,1H3. The highest BCUT2D eigenvalue weighted by molar-refractivity contribution is 8.00. The smallest absolute Gasteiger partial charge is 0.0856 e. The molecule has 1 aliphatic rings. The molecular formula is C19H24N2OS. The number of nitrogens with zero attached hydrogens (tertiary/aromatic N) is 2. The molecule has 1 saturated heterocycles. The van der Waals surface area contributed by atoms with E-state index in [1.165, 1.54) is 23.3 Å². The molecular weight excluding hydrogens is 304 g/mol. The van der Waals surface area contributed by atoms with Crippen molar-refractivity contribution in [2.24, 2.45) is 0 Å². The molecule has 3 nitrogen and oxygen atoms in total. The van der Waals surface area contributed by atoms with Gasteiger partial charge in [0.15, 0.2) is 0 Å². The summed E-state index contributed by atoms with van der Waals surface area (Å²) < 4.78 is 0. The Kier molecular flexibility index (Phi) is 5.70. The number of piperidine rings is 1. The van der Waals surface area contributed by atoms with Gasteiger partial charge in [0.2, 0.25) is 0 Å². The zero-order valence-corrected chi connectivity index (χ0v) is 14.4. The van der Waals surface area contributed by atoms with E-state index in [2.05, 4.69) is 53.2 Å². The van der Waals surface area contributed by atoms with Crippen molar-refractivity contribution in [3.63, 3.8) is 0 Å². The van der Waals surface area contributed by atoms with Gasteiger partial charge in [-0.25, -0.2) is 0 Å². The molecule has 0 unspecified atom stereocenters. The average Bonchev–Trinajstić information content (AvgIpc) is 2.59. The van der Waals surface area contributed by atoms with Crippen molar-refractivity contribution >= 4 is 11.8 Å². The Bertz CT molecular complexity index is 625. The minimum Gasteiger partial charge on any atom is -0.390 e. The van der Waals surface area contributed by atoms with E-state index < -0.39 is 0 Å². The van der Waals surface area contributed by atoms with E-state index in [1.807, 2.05) is 18.0 Å². The van der Waals surface area contributed by atoms with Crippen LogP contribution in [0.25, 0.3) is 0 Å². The normalized spacial score (nSPS) is 16.6. The number of likely N-dealkylation sites (tertiary alicyclic amines) is 1. The van der Waals surface area contributed by atoms with Gasteiger partial charge in [0.1, 0.15) is 0 Å². The van der Waals surface area contributed by atoms with E-state index in [4.69, 9.17) is 0 Å². The van der Waals surface area contributed by atoms with Crippen molar-refractivity contribution in [3.8, 4) is 0 Å². The maximum Gasteiger partial charge on any atom is 0.0856 e. The first-order valence-corrected chi connectivity index (χ1v) is 9.12. The summed E-state index contributed by atoms with van der Waals surface area (Å²) >= 11 is 1.95. The van der Waals surface area contributed by atoms with Crippen LogP contribution in [0.1, 0.15) is 29.7 Å². The van der Waals surface area contributed by atoms with Gasteiger partial charge in [-0.05, 0) is 50.0 Å². The predicted octanol–water partition coefficient (Wildman–Crippen LogP) is 3.64. The summed E-state index contributed by atoms with van der Waals surface area (Å²) in [6.07, 6.45) is 4.24. The highest BCUT2D eigenvalue weighted by atomic mass is 32.2. The summed E-state index contributed by atoms with van der Waals surface area (Å²) in [5.41, 5.74) is 3.33. The van der Waals surface area contributed by atoms with Gasteiger partial charge in [-0.15, -0.1) is 11.8 Å². The van der Waals surface area contributed by atoms with E-state index in [0.29, 0.717) is 5.25 Å². The van der Waals surface area contributed by atoms with E-state index in [1.54, 1.807) is 0 Å². The van der Waals surface area contributed by atoms with Gasteiger partial charge in [-0.3, -0.25) is 9.88 Å². The minimum absolute atomic E-state index is 0.0236. The predicted molar refractivity (Wildman–Crippen MR) is 95.5 cm³/mol. The number of rotatable bonds is 5. The fourth-order valence-corrected chi connectivity index (χ4v) is 4.29. The molecule has 3 rings (SSSR count). The molecule has 1 aromatic heterocycles. The molecule has 1 fully saturated rings. The highest BCUT2D eigenvalue weighted by Crippen LogP contribution is 2.33. The second kappa shape index (κ2) is 7.95. The number of hydrogen-bond acceptors (Lipinski definition) is 4. The molecule has 0 spiro atoms. The van der Waals surface area contributed by atoms with Gasteiger partial charge >= 0.3 is 0 Å². The Morgan fingerprint density at radius 2 is 1.91 bits per heavy atom. The van der Waals surface area contributed by atoms with Crippen LogP contribution in [-0.4, -0.2) is 33.3 Å². The molecule has 0 atom stereocenters. The van der Waals surface area contributed by atoms with Crippen LogP contribution in [0.4, 0.5) is 0 Å². The Morgan fingerprint density at radius 1 is 1.17 bits per heavy atom. The average molecular weight is 328 g/mol. The van der Waals surface area contributed by atoms with Crippen LogP contribution in [-0.2, 0) is 13.2 Å². The maximum atomic E-state index is 9.35. The van der Waals surface area contributed by atoms with Crippen molar-refractivity contribution in [1.29, 1.82) is 0 Å². The fraction of sp³-hybridized carbons (Fsp3) is 0.421. The number of hydrogen-bond donors (Lipinski definition) is 1. The van der Waals surface area contributed by atoms with Crippen molar-refractivity contribution in [1.82, 2.24) is 9.88 Å². The molecule has 0 saturated carbocycles. The Balaban J connectivity index is 1.53. The van der Waals surface area contributed by atoms with Gasteiger partial charge in [0.05, 0.1) is 12.3 Å². The third kappa shape index (κ3) is 4.34. The quantitative estimate of drug-likeness (QED) is 0.909. The summed E-state index contributed by atoms with van der Waals surface area (Å²) in [6.45, 7) is 5.45. The van der Waals surface area contributed by atoms with E-state index in [9.17, 15) is 5.11 Å². The van der Waals surface area contributed by atoms with Crippen molar-refractivity contribution in [2.75, 3.05) is 13.1 Å². The number of thioether (sulfide) groups is 1. The lowest BCUT2D eigenvalue weighted by Crippen LogP contribution is -2.34. The largest absolute Gasteiger partial charge is 0.390 e. The lowest BCUT2D eigenvalue weighted by Gasteiger charge is -2.32. The topological polar surface area (TPSA) is 36.4 Å². The molecule has 0 amide bonds. The number of benzene rings is 1. The van der Waals surface area contributed by atoms with Crippen LogP contribution >= 0.6 is 11.8 Å². The fourth-order valence-electron chi connectivity index (χ4n) is 3.05. The Morgan fingerprint density at radius 3 is 2.61 bits per heavy atom. The zero-order valence-electron chi connectivity index (χ0n) is 13.6. The molecule has 23 heavy (non-hydrogen) atoms. The van der Waals surface area contributed by atoms with Gasteiger partial charge < -0.3 is 5.11 Å². The molecule has 0 aliphatic carbocycles.